The van der Waals surface area contributed by atoms with Gasteiger partial charge in [0.15, 0.2) is 5.16 Å². The van der Waals surface area contributed by atoms with Crippen LogP contribution in [-0.4, -0.2) is 36.8 Å². The summed E-state index contributed by atoms with van der Waals surface area (Å²) in [6.07, 6.45) is 0.209. The molecule has 102 valence electrons. The quantitative estimate of drug-likeness (QED) is 0.668. The van der Waals surface area contributed by atoms with Crippen molar-refractivity contribution in [1.82, 2.24) is 0 Å². The first-order valence-corrected chi connectivity index (χ1v) is 8.63. The van der Waals surface area contributed by atoms with E-state index in [1.807, 2.05) is 18.2 Å². The van der Waals surface area contributed by atoms with Gasteiger partial charge >= 0.3 is 0 Å². The Morgan fingerprint density at radius 1 is 1.32 bits per heavy atom. The molecule has 1 fully saturated rings. The number of hydrogen-bond acceptors (Lipinski definition) is 3. The maximum Gasteiger partial charge on any atom is 0.250 e. The van der Waals surface area contributed by atoms with Crippen molar-refractivity contribution in [3.05, 3.63) is 30.3 Å². The molecule has 0 aliphatic carbocycles. The normalized spacial score (nSPS) is 23.7. The summed E-state index contributed by atoms with van der Waals surface area (Å²) < 4.78 is 12.4. The lowest BCUT2D eigenvalue weighted by Gasteiger charge is -2.28. The van der Waals surface area contributed by atoms with Crippen molar-refractivity contribution in [3.8, 4) is 0 Å². The number of primary amides is 1. The molecule has 1 heterocycles. The molecule has 1 aromatic rings. The van der Waals surface area contributed by atoms with E-state index in [1.165, 1.54) is 18.2 Å². The van der Waals surface area contributed by atoms with Gasteiger partial charge in [0.25, 0.3) is 0 Å². The number of nitrogens with zero attached hydrogens (tertiary/aromatic N) is 1. The van der Waals surface area contributed by atoms with E-state index in [2.05, 4.69) is 0 Å². The Balaban J connectivity index is 2.46. The predicted molar refractivity (Wildman–Crippen MR) is 74.8 cm³/mol. The SMILES string of the molecule is CP(C)(=O)C1(C(N)=O)CCN(c2ccccc2)C1=O. The zero-order valence-corrected chi connectivity index (χ0v) is 11.9. The molecule has 1 atom stereocenters. The highest BCUT2D eigenvalue weighted by Gasteiger charge is 2.59. The molecule has 0 radical (unpaired) electrons. The maximum absolute atomic E-state index is 12.6. The summed E-state index contributed by atoms with van der Waals surface area (Å²) in [7, 11) is -2.98. The average molecular weight is 280 g/mol. The number of rotatable bonds is 3. The fourth-order valence-corrected chi connectivity index (χ4v) is 4.30. The van der Waals surface area contributed by atoms with Crippen LogP contribution in [-0.2, 0) is 14.2 Å². The summed E-state index contributed by atoms with van der Waals surface area (Å²) in [5, 5.41) is -1.55. The smallest absolute Gasteiger partial charge is 0.250 e. The first-order chi connectivity index (χ1) is 8.80. The zero-order chi connectivity index (χ0) is 14.3. The van der Waals surface area contributed by atoms with Crippen LogP contribution < -0.4 is 10.6 Å². The monoisotopic (exact) mass is 280 g/mol. The van der Waals surface area contributed by atoms with Gasteiger partial charge in [-0.3, -0.25) is 9.59 Å². The van der Waals surface area contributed by atoms with Gasteiger partial charge in [0.2, 0.25) is 11.8 Å². The van der Waals surface area contributed by atoms with E-state index in [1.54, 1.807) is 12.1 Å². The summed E-state index contributed by atoms with van der Waals surface area (Å²) in [5.41, 5.74) is 6.09. The number of carbonyl (C=O) groups excluding carboxylic acids is 2. The van der Waals surface area contributed by atoms with Gasteiger partial charge in [0.05, 0.1) is 0 Å². The van der Waals surface area contributed by atoms with Gasteiger partial charge in [-0.15, -0.1) is 0 Å². The molecule has 5 nitrogen and oxygen atoms in total. The first-order valence-electron chi connectivity index (χ1n) is 6.03. The molecule has 19 heavy (non-hydrogen) atoms. The summed E-state index contributed by atoms with van der Waals surface area (Å²) in [4.78, 5) is 25.8. The largest absolute Gasteiger partial charge is 0.368 e. The van der Waals surface area contributed by atoms with Crippen molar-refractivity contribution in [2.75, 3.05) is 24.8 Å². The van der Waals surface area contributed by atoms with Crippen LogP contribution in [0.1, 0.15) is 6.42 Å². The second-order valence-electron chi connectivity index (χ2n) is 5.12. The van der Waals surface area contributed by atoms with E-state index in [-0.39, 0.29) is 6.42 Å². The molecule has 6 heteroatoms. The number of nitrogens with two attached hydrogens (primary N) is 1. The summed E-state index contributed by atoms with van der Waals surface area (Å²) >= 11 is 0. The predicted octanol–water partition coefficient (Wildman–Crippen LogP) is 1.27. The van der Waals surface area contributed by atoms with E-state index < -0.39 is 24.1 Å². The Morgan fingerprint density at radius 3 is 2.32 bits per heavy atom. The number of benzene rings is 1. The Hall–Kier alpha value is -1.61. The average Bonchev–Trinajstić information content (AvgIpc) is 2.68. The zero-order valence-electron chi connectivity index (χ0n) is 11.0. The number of amides is 2. The van der Waals surface area contributed by atoms with Crippen molar-refractivity contribution < 1.29 is 14.2 Å². The van der Waals surface area contributed by atoms with Crippen LogP contribution in [0.5, 0.6) is 0 Å². The molecule has 1 unspecified atom stereocenters. The third kappa shape index (κ3) is 1.98. The van der Waals surface area contributed by atoms with Gasteiger partial charge in [-0.2, -0.15) is 0 Å². The van der Waals surface area contributed by atoms with Crippen LogP contribution in [0.25, 0.3) is 0 Å². The highest BCUT2D eigenvalue weighted by molar-refractivity contribution is 7.66. The molecular weight excluding hydrogens is 263 g/mol. The molecule has 1 saturated heterocycles. The number of anilines is 1. The standard InChI is InChI=1S/C13H17N2O3P/c1-19(2,18)13(11(14)16)8-9-15(12(13)17)10-6-4-3-5-7-10/h3-7H,8-9H2,1-2H3,(H2,14,16). The Morgan fingerprint density at radius 2 is 1.89 bits per heavy atom. The van der Waals surface area contributed by atoms with E-state index in [0.717, 1.165) is 0 Å². The molecule has 0 aromatic heterocycles. The van der Waals surface area contributed by atoms with Crippen molar-refractivity contribution >= 4 is 24.6 Å². The van der Waals surface area contributed by atoms with E-state index in [0.29, 0.717) is 12.2 Å². The minimum atomic E-state index is -2.98. The van der Waals surface area contributed by atoms with E-state index >= 15 is 0 Å². The van der Waals surface area contributed by atoms with Crippen molar-refractivity contribution in [2.45, 2.75) is 11.6 Å². The molecule has 2 N–H and O–H groups in total. The second kappa shape index (κ2) is 4.49. The van der Waals surface area contributed by atoms with Gasteiger partial charge in [-0.1, -0.05) is 18.2 Å². The first kappa shape index (κ1) is 13.8. The molecule has 1 aliphatic rings. The van der Waals surface area contributed by atoms with Crippen LogP contribution in [0.2, 0.25) is 0 Å². The molecule has 0 saturated carbocycles. The van der Waals surface area contributed by atoms with Crippen LogP contribution >= 0.6 is 7.14 Å². The number of carbonyl (C=O) groups is 2. The molecular formula is C13H17N2O3P. The molecule has 0 spiro atoms. The Labute approximate surface area is 112 Å². The highest BCUT2D eigenvalue weighted by atomic mass is 31.2. The lowest BCUT2D eigenvalue weighted by Crippen LogP contribution is -2.50. The van der Waals surface area contributed by atoms with E-state index in [4.69, 9.17) is 5.73 Å². The molecule has 0 bridgehead atoms. The summed E-state index contributed by atoms with van der Waals surface area (Å²) in [5.74, 6) is -1.23. The molecule has 1 aliphatic heterocycles. The minimum absolute atomic E-state index is 0.209. The Kier molecular flexibility index (Phi) is 3.27. The van der Waals surface area contributed by atoms with Crippen molar-refractivity contribution in [1.29, 1.82) is 0 Å². The highest BCUT2D eigenvalue weighted by Crippen LogP contribution is 2.56. The molecule has 1 aromatic carbocycles. The number of para-hydroxylation sites is 1. The van der Waals surface area contributed by atoms with Gasteiger partial charge in [-0.25, -0.2) is 0 Å². The summed E-state index contributed by atoms with van der Waals surface area (Å²) in [6.45, 7) is 3.26. The van der Waals surface area contributed by atoms with Crippen LogP contribution in [0, 0.1) is 0 Å². The van der Waals surface area contributed by atoms with Crippen LogP contribution in [0.15, 0.2) is 30.3 Å². The fraction of sp³-hybridized carbons (Fsp3) is 0.385. The van der Waals surface area contributed by atoms with Gasteiger partial charge < -0.3 is 15.2 Å². The van der Waals surface area contributed by atoms with Crippen LogP contribution in [0.3, 0.4) is 0 Å². The number of hydrogen-bond donors (Lipinski definition) is 1. The maximum atomic E-state index is 12.6. The van der Waals surface area contributed by atoms with Crippen LogP contribution in [0.4, 0.5) is 5.69 Å². The molecule has 2 amide bonds. The fourth-order valence-electron chi connectivity index (χ4n) is 2.55. The van der Waals surface area contributed by atoms with Gasteiger partial charge in [0.1, 0.15) is 7.14 Å². The van der Waals surface area contributed by atoms with E-state index in [9.17, 15) is 14.2 Å². The second-order valence-corrected chi connectivity index (χ2v) is 8.58. The summed E-state index contributed by atoms with van der Waals surface area (Å²) in [6, 6.07) is 9.03. The third-order valence-electron chi connectivity index (χ3n) is 3.69. The topological polar surface area (TPSA) is 80.5 Å². The van der Waals surface area contributed by atoms with Gasteiger partial charge in [-0.05, 0) is 31.9 Å². The van der Waals surface area contributed by atoms with Crippen molar-refractivity contribution in [2.24, 2.45) is 5.73 Å². The lowest BCUT2D eigenvalue weighted by molar-refractivity contribution is -0.128. The minimum Gasteiger partial charge on any atom is -0.368 e. The van der Waals surface area contributed by atoms with Crippen molar-refractivity contribution in [3.63, 3.8) is 0 Å². The van der Waals surface area contributed by atoms with Gasteiger partial charge in [0, 0.05) is 12.2 Å². The molecule has 2 rings (SSSR count). The lowest BCUT2D eigenvalue weighted by atomic mass is 10.1. The third-order valence-corrected chi connectivity index (χ3v) is 6.16. The Bertz CT molecular complexity index is 567.